The summed E-state index contributed by atoms with van der Waals surface area (Å²) in [6, 6.07) is 9.61. The molecule has 0 spiro atoms. The van der Waals surface area contributed by atoms with E-state index in [1.807, 2.05) is 41.4 Å². The van der Waals surface area contributed by atoms with Crippen molar-refractivity contribution in [2.24, 2.45) is 0 Å². The van der Waals surface area contributed by atoms with E-state index in [1.54, 1.807) is 11.3 Å². The lowest BCUT2D eigenvalue weighted by molar-refractivity contribution is -0.138. The van der Waals surface area contributed by atoms with Gasteiger partial charge in [-0.3, -0.25) is 0 Å². The summed E-state index contributed by atoms with van der Waals surface area (Å²) in [7, 11) is 0. The van der Waals surface area contributed by atoms with Crippen LogP contribution in [0, 0.1) is 0 Å². The van der Waals surface area contributed by atoms with E-state index < -0.39 is 12.0 Å². The monoisotopic (exact) mass is 274 g/mol. The molecule has 0 amide bonds. The number of anilines is 1. The molecule has 4 nitrogen and oxygen atoms in total. The van der Waals surface area contributed by atoms with Crippen molar-refractivity contribution in [2.75, 3.05) is 11.4 Å². The largest absolute Gasteiger partial charge is 0.480 e. The molecule has 1 aromatic heterocycles. The van der Waals surface area contributed by atoms with Crippen LogP contribution in [0.1, 0.15) is 12.8 Å². The van der Waals surface area contributed by atoms with E-state index in [0.717, 1.165) is 28.5 Å². The molecule has 1 aromatic carbocycles. The number of aliphatic carboxylic acids is 1. The Morgan fingerprint density at radius 2 is 2.16 bits per heavy atom. The van der Waals surface area contributed by atoms with Gasteiger partial charge in [0, 0.05) is 12.7 Å². The molecule has 5 heteroatoms. The van der Waals surface area contributed by atoms with Gasteiger partial charge in [0.1, 0.15) is 6.04 Å². The fraction of sp³-hybridized carbons (Fsp3) is 0.286. The molecule has 0 unspecified atom stereocenters. The minimum atomic E-state index is -0.756. The number of nitrogens with zero attached hydrogens (tertiary/aromatic N) is 2. The molecule has 1 aliphatic rings. The van der Waals surface area contributed by atoms with E-state index in [4.69, 9.17) is 0 Å². The van der Waals surface area contributed by atoms with Crippen molar-refractivity contribution in [2.45, 2.75) is 18.9 Å². The number of carboxylic acids is 1. The van der Waals surface area contributed by atoms with E-state index in [2.05, 4.69) is 4.98 Å². The molecule has 0 saturated carbocycles. The first-order chi connectivity index (χ1) is 9.25. The van der Waals surface area contributed by atoms with Crippen molar-refractivity contribution in [1.29, 1.82) is 0 Å². The molecule has 0 bridgehead atoms. The number of carbonyl (C=O) groups is 1. The second-order valence-corrected chi connectivity index (χ2v) is 5.57. The van der Waals surface area contributed by atoms with Gasteiger partial charge in [-0.15, -0.1) is 0 Å². The first-order valence-corrected chi connectivity index (χ1v) is 7.08. The third-order valence-corrected chi connectivity index (χ3v) is 4.42. The van der Waals surface area contributed by atoms with Crippen molar-refractivity contribution in [1.82, 2.24) is 4.98 Å². The maximum atomic E-state index is 11.2. The zero-order valence-electron chi connectivity index (χ0n) is 10.3. The molecule has 0 aliphatic carbocycles. The number of hydrogen-bond acceptors (Lipinski definition) is 4. The first-order valence-electron chi connectivity index (χ1n) is 6.26. The Morgan fingerprint density at radius 3 is 2.89 bits per heavy atom. The predicted octanol–water partition coefficient (Wildman–Crippen LogP) is 2.86. The maximum absolute atomic E-state index is 11.2. The molecule has 19 heavy (non-hydrogen) atoms. The van der Waals surface area contributed by atoms with E-state index >= 15 is 0 Å². The minimum absolute atomic E-state index is 0.422. The van der Waals surface area contributed by atoms with Crippen LogP contribution < -0.4 is 4.90 Å². The average molecular weight is 274 g/mol. The highest BCUT2D eigenvalue weighted by Crippen LogP contribution is 2.34. The van der Waals surface area contributed by atoms with Crippen molar-refractivity contribution in [3.05, 3.63) is 36.5 Å². The number of thiazole rings is 1. The first kappa shape index (κ1) is 12.2. The molecule has 1 aliphatic heterocycles. The Balaban J connectivity index is 1.87. The van der Waals surface area contributed by atoms with Crippen LogP contribution in [0.2, 0.25) is 0 Å². The summed E-state index contributed by atoms with van der Waals surface area (Å²) in [5, 5.41) is 10.0. The molecule has 3 rings (SSSR count). The lowest BCUT2D eigenvalue weighted by atomic mass is 10.2. The Kier molecular flexibility index (Phi) is 3.21. The normalized spacial score (nSPS) is 18.7. The highest BCUT2D eigenvalue weighted by molar-refractivity contribution is 7.18. The zero-order valence-corrected chi connectivity index (χ0v) is 11.1. The van der Waals surface area contributed by atoms with Gasteiger partial charge < -0.3 is 10.0 Å². The number of carboxylic acid groups (broad SMARTS) is 1. The topological polar surface area (TPSA) is 53.4 Å². The quantitative estimate of drug-likeness (QED) is 0.935. The smallest absolute Gasteiger partial charge is 0.326 e. The minimum Gasteiger partial charge on any atom is -0.480 e. The number of aromatic nitrogens is 1. The lowest BCUT2D eigenvalue weighted by Crippen LogP contribution is -2.35. The van der Waals surface area contributed by atoms with Gasteiger partial charge in [-0.2, -0.15) is 0 Å². The molecule has 1 atom stereocenters. The summed E-state index contributed by atoms with van der Waals surface area (Å²) in [5.74, 6) is -0.756. The van der Waals surface area contributed by atoms with Gasteiger partial charge in [0.15, 0.2) is 5.13 Å². The summed E-state index contributed by atoms with van der Waals surface area (Å²) in [6.45, 7) is 0.776. The number of benzene rings is 1. The predicted molar refractivity (Wildman–Crippen MR) is 75.6 cm³/mol. The Labute approximate surface area is 115 Å². The average Bonchev–Trinajstić information content (AvgIpc) is 3.08. The zero-order chi connectivity index (χ0) is 13.2. The number of hydrogen-bond donors (Lipinski definition) is 1. The van der Waals surface area contributed by atoms with Gasteiger partial charge in [0.2, 0.25) is 0 Å². The van der Waals surface area contributed by atoms with Crippen LogP contribution in [-0.2, 0) is 4.79 Å². The molecular weight excluding hydrogens is 260 g/mol. The van der Waals surface area contributed by atoms with Crippen LogP contribution in [-0.4, -0.2) is 28.6 Å². The van der Waals surface area contributed by atoms with Gasteiger partial charge in [0.05, 0.1) is 4.88 Å². The van der Waals surface area contributed by atoms with Gasteiger partial charge >= 0.3 is 5.97 Å². The molecule has 2 heterocycles. The summed E-state index contributed by atoms with van der Waals surface area (Å²) in [5.41, 5.74) is 1.12. The lowest BCUT2D eigenvalue weighted by Gasteiger charge is -2.19. The van der Waals surface area contributed by atoms with E-state index in [-0.39, 0.29) is 0 Å². The van der Waals surface area contributed by atoms with Crippen LogP contribution in [0.15, 0.2) is 36.5 Å². The molecule has 98 valence electrons. The summed E-state index contributed by atoms with van der Waals surface area (Å²) in [4.78, 5) is 18.6. The number of rotatable bonds is 3. The maximum Gasteiger partial charge on any atom is 0.326 e. The van der Waals surface area contributed by atoms with Crippen LogP contribution in [0.3, 0.4) is 0 Å². The Bertz CT molecular complexity index is 582. The van der Waals surface area contributed by atoms with Crippen LogP contribution in [0.5, 0.6) is 0 Å². The van der Waals surface area contributed by atoms with Gasteiger partial charge in [-0.05, 0) is 18.4 Å². The van der Waals surface area contributed by atoms with Crippen molar-refractivity contribution in [3.8, 4) is 10.4 Å². The SMILES string of the molecule is O=C(O)[C@H]1CCCN1c1ncc(-c2ccccc2)s1. The molecule has 1 N–H and O–H groups in total. The summed E-state index contributed by atoms with van der Waals surface area (Å²) >= 11 is 1.56. The highest BCUT2D eigenvalue weighted by Gasteiger charge is 2.32. The summed E-state index contributed by atoms with van der Waals surface area (Å²) in [6.07, 6.45) is 3.44. The van der Waals surface area contributed by atoms with E-state index in [0.29, 0.717) is 6.42 Å². The van der Waals surface area contributed by atoms with E-state index in [1.165, 1.54) is 0 Å². The van der Waals surface area contributed by atoms with Gasteiger partial charge in [-0.25, -0.2) is 9.78 Å². The Morgan fingerprint density at radius 1 is 1.37 bits per heavy atom. The highest BCUT2D eigenvalue weighted by atomic mass is 32.1. The summed E-state index contributed by atoms with van der Waals surface area (Å²) < 4.78 is 0. The molecule has 1 saturated heterocycles. The third kappa shape index (κ3) is 2.33. The van der Waals surface area contributed by atoms with Crippen LogP contribution in [0.4, 0.5) is 5.13 Å². The fourth-order valence-corrected chi connectivity index (χ4v) is 3.38. The molecule has 2 aromatic rings. The standard InChI is InChI=1S/C14H14N2O2S/c17-13(18)11-7-4-8-16(11)14-15-9-12(19-14)10-5-2-1-3-6-10/h1-3,5-6,9,11H,4,7-8H2,(H,17,18)/t11-/m1/s1. The second kappa shape index (κ2) is 5.01. The van der Waals surface area contributed by atoms with E-state index in [9.17, 15) is 9.90 Å². The molecule has 1 fully saturated rings. The van der Waals surface area contributed by atoms with Gasteiger partial charge in [0.25, 0.3) is 0 Å². The van der Waals surface area contributed by atoms with Crippen molar-refractivity contribution in [3.63, 3.8) is 0 Å². The molecule has 0 radical (unpaired) electrons. The van der Waals surface area contributed by atoms with Crippen LogP contribution in [0.25, 0.3) is 10.4 Å². The van der Waals surface area contributed by atoms with Crippen molar-refractivity contribution >= 4 is 22.4 Å². The van der Waals surface area contributed by atoms with Gasteiger partial charge in [-0.1, -0.05) is 41.7 Å². The Hall–Kier alpha value is -1.88. The fourth-order valence-electron chi connectivity index (χ4n) is 2.39. The van der Waals surface area contributed by atoms with Crippen LogP contribution >= 0.6 is 11.3 Å². The third-order valence-electron chi connectivity index (χ3n) is 3.34. The molecular formula is C14H14N2O2S. The second-order valence-electron chi connectivity index (χ2n) is 4.56. The van der Waals surface area contributed by atoms with Crippen molar-refractivity contribution < 1.29 is 9.90 Å².